The van der Waals surface area contributed by atoms with Gasteiger partial charge in [-0.15, -0.1) is 0 Å². The average molecular weight is 747 g/mol. The molecule has 4 aliphatic rings. The molecule has 4 aliphatic heterocycles. The van der Waals surface area contributed by atoms with E-state index < -0.39 is 147 Å². The van der Waals surface area contributed by atoms with Crippen LogP contribution in [0.2, 0.25) is 0 Å². The third-order valence-corrected chi connectivity index (χ3v) is 8.49. The second-order valence-electron chi connectivity index (χ2n) is 11.6. The number of rotatable bonds is 12. The second kappa shape index (κ2) is 16.5. The molecule has 0 radical (unpaired) electrons. The standard InChI is InChI=1S/C26H38O25/c1-43-11-3(27)8(32)24(49-15(11)19(35)36)46-13-5(29)10(34)26(51-17(13)21(39)40)47-14-6(30)9(33)25(50-18(14)22(41)42)45-12-4(28)7(31)23(44-2)48-16(12)20(37)38/h3-18,23-34H,1-2H3,(H,35,36)(H,37,38)(H,39,40)(H,41,42)/p-4/t3-,4?,5?,6+,7?,8?,9?,10?,11-,12-,13-,14-,15?,16?,17?,18?,23+,24+,25+,26+/m0/s1. The molecule has 0 saturated carbocycles. The predicted molar refractivity (Wildman–Crippen MR) is 135 cm³/mol. The highest BCUT2D eigenvalue weighted by Crippen LogP contribution is 2.34. The summed E-state index contributed by atoms with van der Waals surface area (Å²) in [5.41, 5.74) is 0. The highest BCUT2D eigenvalue weighted by atomic mass is 16.8. The molecule has 25 nitrogen and oxygen atoms in total. The van der Waals surface area contributed by atoms with E-state index in [2.05, 4.69) is 0 Å². The zero-order valence-electron chi connectivity index (χ0n) is 26.1. The highest BCUT2D eigenvalue weighted by Gasteiger charge is 2.56. The molecule has 0 aromatic heterocycles. The Bertz CT molecular complexity index is 1250. The van der Waals surface area contributed by atoms with Crippen LogP contribution < -0.4 is 20.4 Å². The number of carboxylic acids is 4. The molecule has 25 heteroatoms. The molecule has 0 aromatic carbocycles. The maximum Gasteiger partial charge on any atom is 0.187 e. The Morgan fingerprint density at radius 3 is 0.882 bits per heavy atom. The third-order valence-electron chi connectivity index (χ3n) is 8.49. The summed E-state index contributed by atoms with van der Waals surface area (Å²) in [7, 11) is 1.95. The Morgan fingerprint density at radius 2 is 0.627 bits per heavy atom. The smallest absolute Gasteiger partial charge is 0.187 e. The Hall–Kier alpha value is -2.80. The number of aliphatic hydroxyl groups is 8. The lowest BCUT2D eigenvalue weighted by Gasteiger charge is -2.49. The van der Waals surface area contributed by atoms with E-state index in [1.807, 2.05) is 0 Å². The van der Waals surface area contributed by atoms with Gasteiger partial charge in [0.25, 0.3) is 0 Å². The summed E-state index contributed by atoms with van der Waals surface area (Å²) in [6.45, 7) is 0. The second-order valence-corrected chi connectivity index (χ2v) is 11.6. The number of carbonyl (C=O) groups excluding carboxylic acids is 4. The van der Waals surface area contributed by atoms with Crippen LogP contribution in [0.5, 0.6) is 0 Å². The van der Waals surface area contributed by atoms with Crippen LogP contribution in [0, 0.1) is 0 Å². The molecule has 4 rings (SSSR count). The van der Waals surface area contributed by atoms with Gasteiger partial charge >= 0.3 is 0 Å². The number of methoxy groups -OCH3 is 2. The molecule has 0 amide bonds. The zero-order chi connectivity index (χ0) is 38.2. The predicted octanol–water partition coefficient (Wildman–Crippen LogP) is -13.4. The molecule has 292 valence electrons. The fraction of sp³-hybridized carbons (Fsp3) is 0.846. The van der Waals surface area contributed by atoms with Gasteiger partial charge in [-0.05, 0) is 0 Å². The molecule has 4 saturated heterocycles. The summed E-state index contributed by atoms with van der Waals surface area (Å²) >= 11 is 0. The lowest BCUT2D eigenvalue weighted by atomic mass is 9.95. The molecular formula is C26H34O25-4. The van der Waals surface area contributed by atoms with Gasteiger partial charge in [0.05, 0.1) is 23.9 Å². The quantitative estimate of drug-likeness (QED) is 0.0918. The van der Waals surface area contributed by atoms with Gasteiger partial charge in [-0.3, -0.25) is 0 Å². The van der Waals surface area contributed by atoms with Crippen molar-refractivity contribution in [1.29, 1.82) is 0 Å². The Kier molecular flexibility index (Phi) is 13.2. The van der Waals surface area contributed by atoms with E-state index in [1.54, 1.807) is 0 Å². The van der Waals surface area contributed by atoms with E-state index in [0.717, 1.165) is 14.2 Å². The first-order valence-corrected chi connectivity index (χ1v) is 14.8. The van der Waals surface area contributed by atoms with Crippen LogP contribution in [0.3, 0.4) is 0 Å². The minimum atomic E-state index is -2.54. The maximum absolute atomic E-state index is 12.0. The van der Waals surface area contributed by atoms with E-state index in [9.17, 15) is 80.5 Å². The molecule has 0 aromatic rings. The monoisotopic (exact) mass is 746 g/mol. The summed E-state index contributed by atoms with van der Waals surface area (Å²) in [5.74, 6) is -8.42. The Morgan fingerprint density at radius 1 is 0.392 bits per heavy atom. The number of aliphatic hydroxyl groups excluding tert-OH is 8. The summed E-state index contributed by atoms with van der Waals surface area (Å²) < 4.78 is 45.3. The van der Waals surface area contributed by atoms with Gasteiger partial charge in [-0.25, -0.2) is 0 Å². The van der Waals surface area contributed by atoms with Crippen molar-refractivity contribution in [3.8, 4) is 0 Å². The molecule has 8 N–H and O–H groups in total. The van der Waals surface area contributed by atoms with Gasteiger partial charge in [0.15, 0.2) is 25.2 Å². The summed E-state index contributed by atoms with van der Waals surface area (Å²) in [6.07, 6.45) is -44.8. The Labute approximate surface area is 284 Å². The van der Waals surface area contributed by atoms with Crippen LogP contribution in [0.1, 0.15) is 0 Å². The van der Waals surface area contributed by atoms with Crippen LogP contribution in [-0.4, -0.2) is 202 Å². The van der Waals surface area contributed by atoms with Crippen molar-refractivity contribution < 1.29 is 123 Å². The molecule has 4 fully saturated rings. The van der Waals surface area contributed by atoms with Crippen molar-refractivity contribution in [2.75, 3.05) is 14.2 Å². The lowest BCUT2D eigenvalue weighted by molar-refractivity contribution is -0.402. The third kappa shape index (κ3) is 8.09. The van der Waals surface area contributed by atoms with E-state index in [0.29, 0.717) is 0 Å². The van der Waals surface area contributed by atoms with Gasteiger partial charge in [-0.1, -0.05) is 0 Å². The van der Waals surface area contributed by atoms with Gasteiger partial charge in [-0.2, -0.15) is 0 Å². The molecule has 20 atom stereocenters. The minimum Gasteiger partial charge on any atom is -0.547 e. The molecule has 10 unspecified atom stereocenters. The Balaban J connectivity index is 1.51. The summed E-state index contributed by atoms with van der Waals surface area (Å²) in [5, 5.41) is 132. The van der Waals surface area contributed by atoms with E-state index in [1.165, 1.54) is 0 Å². The SMILES string of the molecule is CO[C@@H]1OC(C(=O)[O-])[C@@H](O[C@@H]2OC(C(=O)[O-])[C@@H](O[C@@H]3OC(C(=O)[O-])[C@@H](O[C@@H]4OC(C(=O)[O-])[C@@H](OC)[C@@H](O)C4O)C(O)C3O)[C@H](O)C2O)C(O)C1O. The molecule has 0 spiro atoms. The van der Waals surface area contributed by atoms with Gasteiger partial charge in [0, 0.05) is 14.2 Å². The normalized spacial score (nSPS) is 47.7. The fourth-order valence-electron chi connectivity index (χ4n) is 5.82. The van der Waals surface area contributed by atoms with Crippen LogP contribution in [0.4, 0.5) is 0 Å². The lowest BCUT2D eigenvalue weighted by Crippen LogP contribution is -2.70. The van der Waals surface area contributed by atoms with Crippen LogP contribution in [0.25, 0.3) is 0 Å². The number of ether oxygens (including phenoxy) is 9. The first kappa shape index (κ1) is 41.0. The average Bonchev–Trinajstić information content (AvgIpc) is 3.07. The summed E-state index contributed by atoms with van der Waals surface area (Å²) in [6, 6.07) is 0. The van der Waals surface area contributed by atoms with Crippen molar-refractivity contribution in [3.05, 3.63) is 0 Å². The first-order chi connectivity index (χ1) is 23.9. The van der Waals surface area contributed by atoms with E-state index in [-0.39, 0.29) is 0 Å². The van der Waals surface area contributed by atoms with Gasteiger partial charge in [0.1, 0.15) is 97.7 Å². The minimum absolute atomic E-state index is 0.957. The molecule has 51 heavy (non-hydrogen) atoms. The van der Waals surface area contributed by atoms with E-state index in [4.69, 9.17) is 42.6 Å². The van der Waals surface area contributed by atoms with Crippen molar-refractivity contribution in [2.45, 2.75) is 123 Å². The maximum atomic E-state index is 12.0. The summed E-state index contributed by atoms with van der Waals surface area (Å²) in [4.78, 5) is 47.2. The first-order valence-electron chi connectivity index (χ1n) is 14.8. The number of carbonyl (C=O) groups is 4. The van der Waals surface area contributed by atoms with Crippen LogP contribution in [-0.2, 0) is 61.8 Å². The van der Waals surface area contributed by atoms with Crippen molar-refractivity contribution >= 4 is 23.9 Å². The number of carboxylic acid groups (broad SMARTS) is 4. The van der Waals surface area contributed by atoms with E-state index >= 15 is 0 Å². The van der Waals surface area contributed by atoms with Crippen molar-refractivity contribution in [2.24, 2.45) is 0 Å². The highest BCUT2D eigenvalue weighted by molar-refractivity contribution is 5.72. The van der Waals surface area contributed by atoms with Crippen LogP contribution >= 0.6 is 0 Å². The number of hydrogen-bond acceptors (Lipinski definition) is 25. The molecular weight excluding hydrogens is 712 g/mol. The topological polar surface area (TPSA) is 405 Å². The largest absolute Gasteiger partial charge is 0.547 e. The fourth-order valence-corrected chi connectivity index (χ4v) is 5.82. The van der Waals surface area contributed by atoms with Crippen molar-refractivity contribution in [1.82, 2.24) is 0 Å². The molecule has 0 bridgehead atoms. The van der Waals surface area contributed by atoms with Crippen molar-refractivity contribution in [3.63, 3.8) is 0 Å². The number of hydrogen-bond donors (Lipinski definition) is 8. The number of aliphatic carboxylic acids is 4. The van der Waals surface area contributed by atoms with Gasteiger partial charge in [0.2, 0.25) is 0 Å². The zero-order valence-corrected chi connectivity index (χ0v) is 26.1. The molecule has 0 aliphatic carbocycles. The van der Waals surface area contributed by atoms with Crippen LogP contribution in [0.15, 0.2) is 0 Å². The molecule has 4 heterocycles. The van der Waals surface area contributed by atoms with Gasteiger partial charge < -0.3 is 123 Å².